The van der Waals surface area contributed by atoms with Gasteiger partial charge >= 0.3 is 5.97 Å². The number of anilines is 1. The van der Waals surface area contributed by atoms with Crippen LogP contribution in [0, 0.1) is 6.92 Å². The zero-order chi connectivity index (χ0) is 18.6. The standard InChI is InChI=1S/C16H20N4O4S/c1-4-8-24-16(23)11-9(3)12(13(17)21)25-15(11)19-14(22)10-6-7-18-20(10)5-2/h6-7H,4-5,8H2,1-3H3,(H2,17,21)(H,19,22). The molecule has 0 radical (unpaired) electrons. The lowest BCUT2D eigenvalue weighted by atomic mass is 10.1. The van der Waals surface area contributed by atoms with E-state index in [0.29, 0.717) is 24.2 Å². The summed E-state index contributed by atoms with van der Waals surface area (Å²) in [6.07, 6.45) is 2.18. The van der Waals surface area contributed by atoms with Crippen LogP contribution in [0.2, 0.25) is 0 Å². The van der Waals surface area contributed by atoms with Gasteiger partial charge in [-0.3, -0.25) is 14.3 Å². The first kappa shape index (κ1) is 18.7. The summed E-state index contributed by atoms with van der Waals surface area (Å²) in [5.74, 6) is -1.69. The van der Waals surface area contributed by atoms with Gasteiger partial charge in [-0.15, -0.1) is 11.3 Å². The van der Waals surface area contributed by atoms with Gasteiger partial charge in [-0.25, -0.2) is 4.79 Å². The maximum Gasteiger partial charge on any atom is 0.341 e. The Bertz CT molecular complexity index is 809. The Kier molecular flexibility index (Phi) is 5.92. The summed E-state index contributed by atoms with van der Waals surface area (Å²) in [7, 11) is 0. The van der Waals surface area contributed by atoms with Crippen molar-refractivity contribution in [2.75, 3.05) is 11.9 Å². The van der Waals surface area contributed by atoms with Gasteiger partial charge in [-0.05, 0) is 31.9 Å². The number of hydrogen-bond donors (Lipinski definition) is 2. The Morgan fingerprint density at radius 3 is 2.68 bits per heavy atom. The molecular weight excluding hydrogens is 344 g/mol. The highest BCUT2D eigenvalue weighted by Gasteiger charge is 2.26. The highest BCUT2D eigenvalue weighted by Crippen LogP contribution is 2.33. The van der Waals surface area contributed by atoms with E-state index in [4.69, 9.17) is 10.5 Å². The molecule has 0 saturated heterocycles. The number of aromatic nitrogens is 2. The van der Waals surface area contributed by atoms with Crippen LogP contribution < -0.4 is 11.1 Å². The highest BCUT2D eigenvalue weighted by atomic mass is 32.1. The molecule has 0 aliphatic rings. The lowest BCUT2D eigenvalue weighted by Crippen LogP contribution is -2.18. The predicted molar refractivity (Wildman–Crippen MR) is 94.0 cm³/mol. The molecule has 134 valence electrons. The molecular formula is C16H20N4O4S. The molecule has 0 fully saturated rings. The number of nitrogens with two attached hydrogens (primary N) is 1. The summed E-state index contributed by atoms with van der Waals surface area (Å²) in [6, 6.07) is 1.57. The van der Waals surface area contributed by atoms with Crippen molar-refractivity contribution in [2.24, 2.45) is 5.73 Å². The Morgan fingerprint density at radius 2 is 2.08 bits per heavy atom. The van der Waals surface area contributed by atoms with Crippen molar-refractivity contribution in [3.8, 4) is 0 Å². The minimum atomic E-state index is -0.661. The molecule has 0 aromatic carbocycles. The number of aryl methyl sites for hydroxylation is 1. The smallest absolute Gasteiger partial charge is 0.341 e. The van der Waals surface area contributed by atoms with Gasteiger partial charge < -0.3 is 15.8 Å². The molecule has 0 aliphatic heterocycles. The quantitative estimate of drug-likeness (QED) is 0.731. The molecule has 2 heterocycles. The summed E-state index contributed by atoms with van der Waals surface area (Å²) >= 11 is 0.958. The Labute approximate surface area is 149 Å². The SMILES string of the molecule is CCCOC(=O)c1c(NC(=O)c2ccnn2CC)sc(C(N)=O)c1C. The largest absolute Gasteiger partial charge is 0.462 e. The maximum absolute atomic E-state index is 12.5. The molecule has 25 heavy (non-hydrogen) atoms. The van der Waals surface area contributed by atoms with Crippen molar-refractivity contribution in [1.82, 2.24) is 9.78 Å². The van der Waals surface area contributed by atoms with E-state index in [2.05, 4.69) is 10.4 Å². The Hall–Kier alpha value is -2.68. The second-order valence-electron chi connectivity index (χ2n) is 5.25. The van der Waals surface area contributed by atoms with Crippen LogP contribution in [-0.2, 0) is 11.3 Å². The fourth-order valence-electron chi connectivity index (χ4n) is 2.29. The number of ether oxygens (including phenoxy) is 1. The minimum absolute atomic E-state index is 0.156. The number of primary amides is 1. The second-order valence-corrected chi connectivity index (χ2v) is 6.27. The number of thiophene rings is 1. The van der Waals surface area contributed by atoms with Crippen molar-refractivity contribution >= 4 is 34.1 Å². The third-order valence-corrected chi connectivity index (χ3v) is 4.71. The molecule has 9 heteroatoms. The van der Waals surface area contributed by atoms with E-state index in [-0.39, 0.29) is 22.0 Å². The normalized spacial score (nSPS) is 10.5. The zero-order valence-electron chi connectivity index (χ0n) is 14.3. The number of carbonyl (C=O) groups excluding carboxylic acids is 3. The van der Waals surface area contributed by atoms with Crippen LogP contribution in [-0.4, -0.2) is 34.2 Å². The molecule has 0 unspecified atom stereocenters. The highest BCUT2D eigenvalue weighted by molar-refractivity contribution is 7.18. The summed E-state index contributed by atoms with van der Waals surface area (Å²) in [6.45, 7) is 6.10. The van der Waals surface area contributed by atoms with Crippen LogP contribution in [0.15, 0.2) is 12.3 Å². The lowest BCUT2D eigenvalue weighted by molar-refractivity contribution is 0.0506. The number of carbonyl (C=O) groups is 3. The van der Waals surface area contributed by atoms with Gasteiger partial charge in [0.15, 0.2) is 0 Å². The third-order valence-electron chi connectivity index (χ3n) is 3.49. The molecule has 2 aromatic rings. The summed E-state index contributed by atoms with van der Waals surface area (Å²) < 4.78 is 6.68. The molecule has 0 bridgehead atoms. The van der Waals surface area contributed by atoms with E-state index in [1.807, 2.05) is 13.8 Å². The fourth-order valence-corrected chi connectivity index (χ4v) is 3.34. The van der Waals surface area contributed by atoms with E-state index in [1.165, 1.54) is 10.9 Å². The number of hydrogen-bond acceptors (Lipinski definition) is 6. The first-order valence-electron chi connectivity index (χ1n) is 7.84. The van der Waals surface area contributed by atoms with Gasteiger partial charge in [0.05, 0.1) is 17.0 Å². The first-order chi connectivity index (χ1) is 11.9. The van der Waals surface area contributed by atoms with E-state index >= 15 is 0 Å². The monoisotopic (exact) mass is 364 g/mol. The fraction of sp³-hybridized carbons (Fsp3) is 0.375. The van der Waals surface area contributed by atoms with Crippen molar-refractivity contribution in [3.05, 3.63) is 34.0 Å². The number of amides is 2. The Balaban J connectivity index is 2.38. The third kappa shape index (κ3) is 3.87. The van der Waals surface area contributed by atoms with Crippen LogP contribution in [0.4, 0.5) is 5.00 Å². The van der Waals surface area contributed by atoms with Gasteiger partial charge in [0, 0.05) is 12.7 Å². The molecule has 0 saturated carbocycles. The molecule has 0 aliphatic carbocycles. The first-order valence-corrected chi connectivity index (χ1v) is 8.65. The molecule has 3 N–H and O–H groups in total. The van der Waals surface area contributed by atoms with Crippen LogP contribution in [0.25, 0.3) is 0 Å². The average Bonchev–Trinajstić information content (AvgIpc) is 3.17. The van der Waals surface area contributed by atoms with Gasteiger partial charge in [0.2, 0.25) is 0 Å². The maximum atomic E-state index is 12.5. The van der Waals surface area contributed by atoms with Crippen molar-refractivity contribution < 1.29 is 19.1 Å². The van der Waals surface area contributed by atoms with Crippen LogP contribution >= 0.6 is 11.3 Å². The number of esters is 1. The summed E-state index contributed by atoms with van der Waals surface area (Å²) in [5.41, 5.74) is 6.27. The Morgan fingerprint density at radius 1 is 1.36 bits per heavy atom. The van der Waals surface area contributed by atoms with Crippen LogP contribution in [0.3, 0.4) is 0 Å². The summed E-state index contributed by atoms with van der Waals surface area (Å²) in [5, 5.41) is 6.95. The molecule has 2 rings (SSSR count). The zero-order valence-corrected chi connectivity index (χ0v) is 15.1. The summed E-state index contributed by atoms with van der Waals surface area (Å²) in [4.78, 5) is 36.6. The van der Waals surface area contributed by atoms with Gasteiger partial charge in [-0.2, -0.15) is 5.10 Å². The topological polar surface area (TPSA) is 116 Å². The van der Waals surface area contributed by atoms with E-state index in [9.17, 15) is 14.4 Å². The van der Waals surface area contributed by atoms with Crippen molar-refractivity contribution in [3.63, 3.8) is 0 Å². The van der Waals surface area contributed by atoms with Crippen LogP contribution in [0.5, 0.6) is 0 Å². The van der Waals surface area contributed by atoms with Crippen molar-refractivity contribution in [2.45, 2.75) is 33.7 Å². The number of nitrogens with zero attached hydrogens (tertiary/aromatic N) is 2. The van der Waals surface area contributed by atoms with E-state index < -0.39 is 17.8 Å². The molecule has 0 atom stereocenters. The van der Waals surface area contributed by atoms with Crippen LogP contribution in [0.1, 0.15) is 56.3 Å². The minimum Gasteiger partial charge on any atom is -0.462 e. The van der Waals surface area contributed by atoms with E-state index in [1.54, 1.807) is 13.0 Å². The molecule has 0 spiro atoms. The van der Waals surface area contributed by atoms with Gasteiger partial charge in [0.25, 0.3) is 11.8 Å². The average molecular weight is 364 g/mol. The predicted octanol–water partition coefficient (Wildman–Crippen LogP) is 2.19. The van der Waals surface area contributed by atoms with Gasteiger partial charge in [0.1, 0.15) is 10.7 Å². The lowest BCUT2D eigenvalue weighted by Gasteiger charge is -2.08. The molecule has 2 aromatic heterocycles. The van der Waals surface area contributed by atoms with Gasteiger partial charge in [-0.1, -0.05) is 6.92 Å². The number of rotatable bonds is 7. The number of nitrogens with one attached hydrogen (secondary N) is 1. The second kappa shape index (κ2) is 7.93. The van der Waals surface area contributed by atoms with E-state index in [0.717, 1.165) is 11.3 Å². The molecule has 8 nitrogen and oxygen atoms in total. The molecule has 2 amide bonds. The van der Waals surface area contributed by atoms with Crippen molar-refractivity contribution in [1.29, 1.82) is 0 Å².